The number of aliphatic hydroxyl groups excluding tert-OH is 2. The van der Waals surface area contributed by atoms with Gasteiger partial charge in [-0.1, -0.05) is 0 Å². The van der Waals surface area contributed by atoms with Gasteiger partial charge in [-0.15, -0.1) is 0 Å². The molecule has 0 aliphatic heterocycles. The first-order chi connectivity index (χ1) is 13.0. The summed E-state index contributed by atoms with van der Waals surface area (Å²) in [4.78, 5) is 0. The van der Waals surface area contributed by atoms with Gasteiger partial charge in [0.25, 0.3) is 0 Å². The van der Waals surface area contributed by atoms with E-state index in [-0.39, 0.29) is 19.8 Å². The summed E-state index contributed by atoms with van der Waals surface area (Å²) in [6.45, 7) is 21.3. The highest BCUT2D eigenvalue weighted by Crippen LogP contribution is 2.59. The third-order valence-electron chi connectivity index (χ3n) is 6.31. The summed E-state index contributed by atoms with van der Waals surface area (Å²) in [5, 5.41) is 18.2. The Kier molecular flexibility index (Phi) is 12.6. The number of hydrogen-bond donors (Lipinski definition) is 2. The van der Waals surface area contributed by atoms with Crippen LogP contribution in [0, 0.1) is 0 Å². The molecule has 1 unspecified atom stereocenters. The molecule has 0 aromatic carbocycles. The summed E-state index contributed by atoms with van der Waals surface area (Å²) in [7, 11) is -3.30. The van der Waals surface area contributed by atoms with Gasteiger partial charge in [-0.05, 0) is 48.5 Å². The summed E-state index contributed by atoms with van der Waals surface area (Å²) >= 11 is 0. The molecule has 8 heteroatoms. The van der Waals surface area contributed by atoms with Crippen molar-refractivity contribution < 1.29 is 32.8 Å². The fourth-order valence-corrected chi connectivity index (χ4v) is 5.01. The van der Waals surface area contributed by atoms with E-state index in [1.165, 1.54) is 0 Å². The van der Waals surface area contributed by atoms with Crippen molar-refractivity contribution in [1.82, 2.24) is 0 Å². The predicted molar refractivity (Wildman–Crippen MR) is 116 cm³/mol. The molecular formula is C20H47N2O5P+2. The first-order valence-corrected chi connectivity index (χ1v) is 12.4. The molecule has 2 N–H and O–H groups in total. The van der Waals surface area contributed by atoms with Gasteiger partial charge < -0.3 is 28.2 Å². The molecule has 0 amide bonds. The molecule has 170 valence electrons. The highest BCUT2D eigenvalue weighted by Gasteiger charge is 2.41. The van der Waals surface area contributed by atoms with Gasteiger partial charge >= 0.3 is 7.60 Å². The van der Waals surface area contributed by atoms with Gasteiger partial charge in [-0.25, -0.2) is 0 Å². The van der Waals surface area contributed by atoms with Crippen molar-refractivity contribution in [3.63, 3.8) is 0 Å². The van der Waals surface area contributed by atoms with Crippen LogP contribution >= 0.6 is 7.60 Å². The summed E-state index contributed by atoms with van der Waals surface area (Å²) in [5.74, 6) is 0. The van der Waals surface area contributed by atoms with Gasteiger partial charge in [0, 0.05) is 0 Å². The molecule has 0 saturated heterocycles. The quantitative estimate of drug-likeness (QED) is 0.293. The smallest absolute Gasteiger partial charge is 0.336 e. The maximum Gasteiger partial charge on any atom is 0.336 e. The van der Waals surface area contributed by atoms with Crippen LogP contribution in [-0.4, -0.2) is 103 Å². The maximum atomic E-state index is 13.5. The number of nitrogens with zero attached hydrogens (tertiary/aromatic N) is 2. The van der Waals surface area contributed by atoms with Crippen molar-refractivity contribution >= 4 is 7.60 Å². The summed E-state index contributed by atoms with van der Waals surface area (Å²) in [5.41, 5.74) is 0. The fourth-order valence-electron chi connectivity index (χ4n) is 3.51. The lowest BCUT2D eigenvalue weighted by atomic mass is 10.3. The number of aliphatic hydroxyl groups is 2. The molecule has 0 bridgehead atoms. The van der Waals surface area contributed by atoms with Crippen LogP contribution < -0.4 is 0 Å². The molecule has 0 aromatic rings. The Morgan fingerprint density at radius 1 is 0.714 bits per heavy atom. The third kappa shape index (κ3) is 8.02. The van der Waals surface area contributed by atoms with Crippen LogP contribution in [-0.2, 0) is 13.6 Å². The Morgan fingerprint density at radius 2 is 1.07 bits per heavy atom. The number of quaternary nitrogens is 2. The Bertz CT molecular complexity index is 450. The second-order valence-corrected chi connectivity index (χ2v) is 11.5. The zero-order chi connectivity index (χ0) is 21.9. The zero-order valence-electron chi connectivity index (χ0n) is 19.4. The van der Waals surface area contributed by atoms with Crippen LogP contribution in [0.2, 0.25) is 0 Å². The van der Waals surface area contributed by atoms with E-state index in [9.17, 15) is 14.8 Å². The molecule has 1 atom stereocenters. The summed E-state index contributed by atoms with van der Waals surface area (Å²) < 4.78 is 26.8. The fraction of sp³-hybridized carbons (Fsp3) is 1.00. The largest absolute Gasteiger partial charge is 0.391 e. The lowest BCUT2D eigenvalue weighted by molar-refractivity contribution is -0.927. The average molecular weight is 427 g/mol. The van der Waals surface area contributed by atoms with E-state index >= 15 is 0 Å². The molecule has 0 heterocycles. The van der Waals surface area contributed by atoms with Crippen LogP contribution in [0.4, 0.5) is 0 Å². The minimum Gasteiger partial charge on any atom is -0.391 e. The van der Waals surface area contributed by atoms with Gasteiger partial charge in [-0.2, -0.15) is 0 Å². The summed E-state index contributed by atoms with van der Waals surface area (Å²) in [6.07, 6.45) is 0. The molecule has 7 nitrogen and oxygen atoms in total. The van der Waals surface area contributed by atoms with Gasteiger partial charge in [0.1, 0.15) is 39.4 Å². The van der Waals surface area contributed by atoms with Crippen molar-refractivity contribution in [2.45, 2.75) is 53.6 Å². The van der Waals surface area contributed by atoms with Crippen LogP contribution in [0.1, 0.15) is 48.5 Å². The highest BCUT2D eigenvalue weighted by atomic mass is 31.2. The monoisotopic (exact) mass is 426 g/mol. The Labute approximate surface area is 173 Å². The number of hydrogen-bond acceptors (Lipinski definition) is 5. The molecule has 28 heavy (non-hydrogen) atoms. The van der Waals surface area contributed by atoms with Gasteiger partial charge in [0.2, 0.25) is 0 Å². The molecule has 0 aromatic heterocycles. The Morgan fingerprint density at radius 3 is 1.36 bits per heavy atom. The highest BCUT2D eigenvalue weighted by molar-refractivity contribution is 7.55. The van der Waals surface area contributed by atoms with Crippen LogP contribution in [0.15, 0.2) is 0 Å². The standard InChI is InChI=1S/C20H47N2O5P/c1-8-21(9-2,10-3)14-18-26-28(25,20(5,6)7)27-19-15-22(11-4,12-16-23)13-17-24/h23-24H,8-19H2,1-7H3/q+2. The van der Waals surface area contributed by atoms with E-state index in [1.807, 2.05) is 27.7 Å². The van der Waals surface area contributed by atoms with E-state index in [0.29, 0.717) is 30.7 Å². The van der Waals surface area contributed by atoms with Crippen molar-refractivity contribution in [2.75, 3.05) is 78.8 Å². The van der Waals surface area contributed by atoms with E-state index < -0.39 is 12.8 Å². The van der Waals surface area contributed by atoms with Crippen molar-refractivity contribution in [2.24, 2.45) is 0 Å². The minimum atomic E-state index is -3.30. The zero-order valence-corrected chi connectivity index (χ0v) is 20.3. The molecule has 0 rings (SSSR count). The second kappa shape index (κ2) is 12.6. The first-order valence-electron chi connectivity index (χ1n) is 10.8. The van der Waals surface area contributed by atoms with Crippen LogP contribution in [0.3, 0.4) is 0 Å². The van der Waals surface area contributed by atoms with E-state index in [0.717, 1.165) is 37.2 Å². The van der Waals surface area contributed by atoms with Gasteiger partial charge in [0.05, 0.1) is 44.5 Å². The van der Waals surface area contributed by atoms with E-state index in [4.69, 9.17) is 9.05 Å². The molecule has 0 saturated carbocycles. The van der Waals surface area contributed by atoms with E-state index in [1.54, 1.807) is 0 Å². The van der Waals surface area contributed by atoms with Crippen molar-refractivity contribution in [3.8, 4) is 0 Å². The first kappa shape index (κ1) is 28.0. The number of rotatable bonds is 16. The average Bonchev–Trinajstić information content (AvgIpc) is 2.65. The normalized spacial score (nSPS) is 15.6. The molecular weight excluding hydrogens is 379 g/mol. The van der Waals surface area contributed by atoms with E-state index in [2.05, 4.69) is 20.8 Å². The second-order valence-electron chi connectivity index (χ2n) is 8.62. The van der Waals surface area contributed by atoms with Gasteiger partial charge in [0.15, 0.2) is 0 Å². The molecule has 0 radical (unpaired) electrons. The SMILES string of the molecule is CC[N+](CC)(CC)CCOP(=O)(OCC[N+](CC)(CCO)CCO)C(C)(C)C. The lowest BCUT2D eigenvalue weighted by Gasteiger charge is -2.38. The topological polar surface area (TPSA) is 76.0 Å². The Balaban J connectivity index is 5.05. The Hall–Kier alpha value is -0.0100. The molecule has 0 spiro atoms. The third-order valence-corrected chi connectivity index (χ3v) is 9.00. The molecule has 0 aliphatic rings. The van der Waals surface area contributed by atoms with Crippen LogP contribution in [0.5, 0.6) is 0 Å². The molecule has 0 fully saturated rings. The van der Waals surface area contributed by atoms with Gasteiger partial charge in [-0.3, -0.25) is 4.57 Å². The maximum absolute atomic E-state index is 13.5. The summed E-state index contributed by atoms with van der Waals surface area (Å²) in [6, 6.07) is 0. The molecule has 0 aliphatic carbocycles. The predicted octanol–water partition coefficient (Wildman–Crippen LogP) is 2.71. The lowest BCUT2D eigenvalue weighted by Crippen LogP contribution is -2.53. The van der Waals surface area contributed by atoms with Crippen molar-refractivity contribution in [1.29, 1.82) is 0 Å². The van der Waals surface area contributed by atoms with Crippen molar-refractivity contribution in [3.05, 3.63) is 0 Å². The van der Waals surface area contributed by atoms with Crippen LogP contribution in [0.25, 0.3) is 0 Å². The number of likely N-dealkylation sites (N-methyl/N-ethyl adjacent to an activating group) is 2. The minimum absolute atomic E-state index is 0.0479.